The number of fused-ring (bicyclic) bond motifs is 1. The summed E-state index contributed by atoms with van der Waals surface area (Å²) in [6, 6.07) is 0.505. The van der Waals surface area contributed by atoms with E-state index in [0.29, 0.717) is 36.2 Å². The molecule has 1 fully saturated rings. The number of anilines is 3. The van der Waals surface area contributed by atoms with Crippen molar-refractivity contribution in [1.82, 2.24) is 19.7 Å². The molecule has 30 heavy (non-hydrogen) atoms. The summed E-state index contributed by atoms with van der Waals surface area (Å²) >= 11 is 0. The van der Waals surface area contributed by atoms with Crippen molar-refractivity contribution < 1.29 is 22.7 Å². The molecule has 9 nitrogen and oxygen atoms in total. The van der Waals surface area contributed by atoms with Gasteiger partial charge in [0.05, 0.1) is 31.0 Å². The number of aryl methyl sites for hydroxylation is 1. The fourth-order valence-corrected chi connectivity index (χ4v) is 3.55. The molecule has 162 valence electrons. The molecule has 2 aliphatic rings. The normalized spacial score (nSPS) is 24.0. The molecule has 0 radical (unpaired) electrons. The van der Waals surface area contributed by atoms with Crippen molar-refractivity contribution in [1.29, 1.82) is 0 Å². The number of amides is 1. The summed E-state index contributed by atoms with van der Waals surface area (Å²) in [4.78, 5) is 22.8. The van der Waals surface area contributed by atoms with E-state index in [1.54, 1.807) is 25.8 Å². The number of nitrogens with one attached hydrogen (secondary N) is 2. The predicted molar refractivity (Wildman–Crippen MR) is 102 cm³/mol. The van der Waals surface area contributed by atoms with E-state index in [1.807, 2.05) is 0 Å². The molecule has 0 aromatic carbocycles. The minimum atomic E-state index is -4.46. The number of ether oxygens (including phenoxy) is 1. The maximum absolute atomic E-state index is 12.7. The average Bonchev–Trinajstić information content (AvgIpc) is 3.31. The van der Waals surface area contributed by atoms with E-state index in [2.05, 4.69) is 25.7 Å². The number of hydrogen-bond donors (Lipinski definition) is 2. The van der Waals surface area contributed by atoms with Gasteiger partial charge in [-0.2, -0.15) is 23.3 Å². The topological polar surface area (TPSA) is 97.2 Å². The summed E-state index contributed by atoms with van der Waals surface area (Å²) in [5.74, 6) is 0.926. The number of carbonyl (C=O) groups excluding carboxylic acids is 1. The standard InChI is InChI=1S/C18H22F3N7O2/c1-9-14-15(27(3)10(2)16(29)24-14)25-17(22-9)23-11-6-12(30-8-11)7-28-5-4-13(26-28)18(19,20)21/h4-5,10-12H,6-8H2,1-3H3,(H,24,29)(H,22,23,25)/t10-,11+,12-/m0/s1. The number of carbonyl (C=O) groups is 1. The van der Waals surface area contributed by atoms with Gasteiger partial charge in [-0.3, -0.25) is 9.48 Å². The SMILES string of the molecule is Cc1nc(N[C@H]2CO[C@H](Cn3ccc(C(F)(F)F)n3)C2)nc2c1NC(=O)[C@H](C)N2C. The highest BCUT2D eigenvalue weighted by atomic mass is 19.4. The van der Waals surface area contributed by atoms with E-state index in [0.717, 1.165) is 6.07 Å². The van der Waals surface area contributed by atoms with Gasteiger partial charge in [-0.15, -0.1) is 0 Å². The van der Waals surface area contributed by atoms with Crippen LogP contribution in [0, 0.1) is 6.92 Å². The van der Waals surface area contributed by atoms with Crippen molar-refractivity contribution in [3.8, 4) is 0 Å². The van der Waals surface area contributed by atoms with Crippen molar-refractivity contribution in [3.63, 3.8) is 0 Å². The van der Waals surface area contributed by atoms with Gasteiger partial charge in [-0.05, 0) is 26.3 Å². The molecular formula is C18H22F3N7O2. The molecule has 0 spiro atoms. The summed E-state index contributed by atoms with van der Waals surface area (Å²) in [6.45, 7) is 4.18. The molecule has 0 saturated carbocycles. The lowest BCUT2D eigenvalue weighted by Gasteiger charge is -2.32. The molecule has 2 aromatic heterocycles. The Morgan fingerprint density at radius 1 is 1.37 bits per heavy atom. The number of rotatable bonds is 4. The second-order valence-electron chi connectivity index (χ2n) is 7.56. The zero-order valence-electron chi connectivity index (χ0n) is 16.7. The Morgan fingerprint density at radius 3 is 2.83 bits per heavy atom. The molecule has 12 heteroatoms. The van der Waals surface area contributed by atoms with Gasteiger partial charge < -0.3 is 20.3 Å². The van der Waals surface area contributed by atoms with E-state index in [9.17, 15) is 18.0 Å². The van der Waals surface area contributed by atoms with Crippen molar-refractivity contribution in [2.24, 2.45) is 0 Å². The molecule has 4 heterocycles. The number of aromatic nitrogens is 4. The minimum absolute atomic E-state index is 0.0917. The first-order valence-electron chi connectivity index (χ1n) is 9.53. The molecule has 0 unspecified atom stereocenters. The Labute approximate surface area is 170 Å². The van der Waals surface area contributed by atoms with Crippen molar-refractivity contribution in [2.45, 2.75) is 51.2 Å². The van der Waals surface area contributed by atoms with Crippen LogP contribution in [-0.2, 0) is 22.3 Å². The smallest absolute Gasteiger partial charge is 0.374 e. The first-order chi connectivity index (χ1) is 14.1. The first-order valence-corrected chi connectivity index (χ1v) is 9.53. The van der Waals surface area contributed by atoms with Crippen LogP contribution in [0.2, 0.25) is 0 Å². The minimum Gasteiger partial charge on any atom is -0.374 e. The Balaban J connectivity index is 1.41. The summed E-state index contributed by atoms with van der Waals surface area (Å²) < 4.78 is 45.0. The molecule has 0 bridgehead atoms. The second-order valence-corrected chi connectivity index (χ2v) is 7.56. The number of likely N-dealkylation sites (N-methyl/N-ethyl adjacent to an activating group) is 1. The number of nitrogens with zero attached hydrogens (tertiary/aromatic N) is 5. The van der Waals surface area contributed by atoms with Crippen LogP contribution in [0.5, 0.6) is 0 Å². The molecule has 4 rings (SSSR count). The maximum atomic E-state index is 12.7. The van der Waals surface area contributed by atoms with Gasteiger partial charge in [0.15, 0.2) is 11.5 Å². The molecule has 1 amide bonds. The van der Waals surface area contributed by atoms with Crippen LogP contribution in [0.15, 0.2) is 12.3 Å². The highest BCUT2D eigenvalue weighted by Gasteiger charge is 2.35. The van der Waals surface area contributed by atoms with Crippen molar-refractivity contribution in [3.05, 3.63) is 23.7 Å². The number of alkyl halides is 3. The lowest BCUT2D eigenvalue weighted by molar-refractivity contribution is -0.141. The van der Waals surface area contributed by atoms with Gasteiger partial charge >= 0.3 is 6.18 Å². The molecule has 1 saturated heterocycles. The number of halogens is 3. The first kappa shape index (κ1) is 20.4. The quantitative estimate of drug-likeness (QED) is 0.774. The lowest BCUT2D eigenvalue weighted by Crippen LogP contribution is -2.45. The number of hydrogen-bond acceptors (Lipinski definition) is 7. The van der Waals surface area contributed by atoms with Gasteiger partial charge in [0.2, 0.25) is 11.9 Å². The summed E-state index contributed by atoms with van der Waals surface area (Å²) in [7, 11) is 1.80. The van der Waals surface area contributed by atoms with Gasteiger partial charge in [0, 0.05) is 13.2 Å². The average molecular weight is 425 g/mol. The molecule has 2 aromatic rings. The maximum Gasteiger partial charge on any atom is 0.435 e. The molecule has 3 atom stereocenters. The molecule has 2 aliphatic heterocycles. The van der Waals surface area contributed by atoms with Crippen molar-refractivity contribution >= 4 is 23.4 Å². The van der Waals surface area contributed by atoms with Crippen LogP contribution in [0.4, 0.5) is 30.6 Å². The lowest BCUT2D eigenvalue weighted by atomic mass is 10.1. The van der Waals surface area contributed by atoms with Gasteiger partial charge in [-0.25, -0.2) is 4.98 Å². The fourth-order valence-electron chi connectivity index (χ4n) is 3.55. The molecule has 2 N–H and O–H groups in total. The summed E-state index contributed by atoms with van der Waals surface area (Å²) in [6.07, 6.45) is -2.86. The summed E-state index contributed by atoms with van der Waals surface area (Å²) in [5, 5.41) is 9.62. The van der Waals surface area contributed by atoms with Crippen LogP contribution >= 0.6 is 0 Å². The van der Waals surface area contributed by atoms with E-state index in [1.165, 1.54) is 10.9 Å². The zero-order chi connectivity index (χ0) is 21.6. The summed E-state index contributed by atoms with van der Waals surface area (Å²) in [5.41, 5.74) is 0.311. The van der Waals surface area contributed by atoms with Gasteiger partial charge in [0.25, 0.3) is 0 Å². The van der Waals surface area contributed by atoms with Gasteiger partial charge in [0.1, 0.15) is 11.7 Å². The highest BCUT2D eigenvalue weighted by Crippen LogP contribution is 2.32. The molecule has 0 aliphatic carbocycles. The Hall–Kier alpha value is -2.89. The second kappa shape index (κ2) is 7.42. The largest absolute Gasteiger partial charge is 0.435 e. The van der Waals surface area contributed by atoms with E-state index in [4.69, 9.17) is 4.74 Å². The Morgan fingerprint density at radius 2 is 2.13 bits per heavy atom. The third-order valence-electron chi connectivity index (χ3n) is 5.35. The van der Waals surface area contributed by atoms with Crippen LogP contribution in [0.25, 0.3) is 0 Å². The van der Waals surface area contributed by atoms with Crippen LogP contribution in [0.1, 0.15) is 24.7 Å². The van der Waals surface area contributed by atoms with Crippen molar-refractivity contribution in [2.75, 3.05) is 29.2 Å². The predicted octanol–water partition coefficient (Wildman–Crippen LogP) is 2.05. The third-order valence-corrected chi connectivity index (χ3v) is 5.35. The monoisotopic (exact) mass is 425 g/mol. The van der Waals surface area contributed by atoms with E-state index >= 15 is 0 Å². The third kappa shape index (κ3) is 3.91. The van der Waals surface area contributed by atoms with Crippen LogP contribution in [0.3, 0.4) is 0 Å². The zero-order valence-corrected chi connectivity index (χ0v) is 16.7. The molecular weight excluding hydrogens is 403 g/mol. The van der Waals surface area contributed by atoms with Gasteiger partial charge in [-0.1, -0.05) is 0 Å². The van der Waals surface area contributed by atoms with E-state index in [-0.39, 0.29) is 30.6 Å². The van der Waals surface area contributed by atoms with E-state index < -0.39 is 11.9 Å². The van der Waals surface area contributed by atoms with Crippen LogP contribution in [-0.4, -0.2) is 57.5 Å². The fraction of sp³-hybridized carbons (Fsp3) is 0.556. The highest BCUT2D eigenvalue weighted by molar-refractivity contribution is 6.03. The Kier molecular flexibility index (Phi) is 5.04. The van der Waals surface area contributed by atoms with Crippen LogP contribution < -0.4 is 15.5 Å². The Bertz CT molecular complexity index is 962.